The van der Waals surface area contributed by atoms with Gasteiger partial charge < -0.3 is 0 Å². The van der Waals surface area contributed by atoms with Crippen LogP contribution in [0.5, 0.6) is 0 Å². The van der Waals surface area contributed by atoms with Crippen LogP contribution < -0.4 is 0 Å². The van der Waals surface area contributed by atoms with Crippen LogP contribution in [-0.4, -0.2) is 15.6 Å². The summed E-state index contributed by atoms with van der Waals surface area (Å²) in [6, 6.07) is 0. The highest BCUT2D eigenvalue weighted by molar-refractivity contribution is 6.30. The van der Waals surface area contributed by atoms with E-state index < -0.39 is 0 Å². The van der Waals surface area contributed by atoms with Gasteiger partial charge in [-0.05, 0) is 31.8 Å². The number of ketones is 1. The number of Topliss-reactive ketones (excluding diaryl/α,β-unsaturated/α-hetero) is 1. The van der Waals surface area contributed by atoms with Crippen molar-refractivity contribution in [1.82, 2.24) is 9.78 Å². The lowest BCUT2D eigenvalue weighted by molar-refractivity contribution is -0.115. The predicted octanol–water partition coefficient (Wildman–Crippen LogP) is 2.60. The van der Waals surface area contributed by atoms with E-state index in [1.807, 2.05) is 13.0 Å². The molecule has 0 radical (unpaired) electrons. The third-order valence-corrected chi connectivity index (χ3v) is 3.48. The van der Waals surface area contributed by atoms with Gasteiger partial charge in [0.2, 0.25) is 0 Å². The molecule has 0 amide bonds. The lowest BCUT2D eigenvalue weighted by Crippen LogP contribution is -2.05. The molecule has 0 bridgehead atoms. The molecule has 0 fully saturated rings. The monoisotopic (exact) mass is 238 g/mol. The molecular formula is C12H15ClN2O. The van der Waals surface area contributed by atoms with Gasteiger partial charge in [-0.3, -0.25) is 9.48 Å². The highest BCUT2D eigenvalue weighted by atomic mass is 35.5. The Labute approximate surface area is 100 Å². The predicted molar refractivity (Wildman–Crippen MR) is 63.6 cm³/mol. The largest absolute Gasteiger partial charge is 0.294 e. The lowest BCUT2D eigenvalue weighted by Gasteiger charge is -2.01. The second kappa shape index (κ2) is 4.42. The standard InChI is InChI=1S/C12H15ClN2O/c1-8-10(12(13)15(2)14-8)7-11(16)9-5-3-4-6-9/h5H,3-4,6-7H2,1-2H3. The summed E-state index contributed by atoms with van der Waals surface area (Å²) < 4.78 is 1.61. The van der Waals surface area contributed by atoms with Gasteiger partial charge in [0.1, 0.15) is 5.15 Å². The van der Waals surface area contributed by atoms with Gasteiger partial charge in [0, 0.05) is 19.0 Å². The Morgan fingerprint density at radius 3 is 2.88 bits per heavy atom. The second-order valence-electron chi connectivity index (χ2n) is 4.20. The number of allylic oxidation sites excluding steroid dienone is 2. The summed E-state index contributed by atoms with van der Waals surface area (Å²) in [6.07, 6.45) is 5.46. The molecule has 0 unspecified atom stereocenters. The van der Waals surface area contributed by atoms with Crippen LogP contribution in [0.15, 0.2) is 11.6 Å². The maximum absolute atomic E-state index is 12.0. The molecule has 1 aliphatic carbocycles. The van der Waals surface area contributed by atoms with Crippen molar-refractivity contribution in [2.75, 3.05) is 0 Å². The molecule has 86 valence electrons. The topological polar surface area (TPSA) is 34.9 Å². The Morgan fingerprint density at radius 1 is 1.62 bits per heavy atom. The number of aryl methyl sites for hydroxylation is 2. The number of carbonyl (C=O) groups excluding carboxylic acids is 1. The van der Waals surface area contributed by atoms with E-state index in [0.717, 1.165) is 36.1 Å². The molecule has 0 spiro atoms. The minimum Gasteiger partial charge on any atom is -0.294 e. The fraction of sp³-hybridized carbons (Fsp3) is 0.500. The number of hydrogen-bond donors (Lipinski definition) is 0. The van der Waals surface area contributed by atoms with Crippen LogP contribution in [0.1, 0.15) is 30.5 Å². The summed E-state index contributed by atoms with van der Waals surface area (Å²) in [7, 11) is 1.79. The number of aromatic nitrogens is 2. The minimum absolute atomic E-state index is 0.190. The first kappa shape index (κ1) is 11.4. The third-order valence-electron chi connectivity index (χ3n) is 3.01. The normalized spacial score (nSPS) is 15.3. The van der Waals surface area contributed by atoms with Gasteiger partial charge in [-0.2, -0.15) is 5.10 Å². The minimum atomic E-state index is 0.190. The van der Waals surface area contributed by atoms with E-state index in [9.17, 15) is 4.79 Å². The first-order valence-electron chi connectivity index (χ1n) is 5.50. The van der Waals surface area contributed by atoms with Crippen molar-refractivity contribution in [1.29, 1.82) is 0 Å². The van der Waals surface area contributed by atoms with Gasteiger partial charge in [0.05, 0.1) is 5.69 Å². The summed E-state index contributed by atoms with van der Waals surface area (Å²) in [5, 5.41) is 4.78. The van der Waals surface area contributed by atoms with Gasteiger partial charge in [-0.25, -0.2) is 0 Å². The molecule has 3 nitrogen and oxygen atoms in total. The van der Waals surface area contributed by atoms with E-state index in [0.29, 0.717) is 11.6 Å². The highest BCUT2D eigenvalue weighted by Gasteiger charge is 2.18. The van der Waals surface area contributed by atoms with E-state index >= 15 is 0 Å². The fourth-order valence-electron chi connectivity index (χ4n) is 2.07. The molecule has 0 saturated carbocycles. The average Bonchev–Trinajstić information content (AvgIpc) is 2.83. The molecule has 0 saturated heterocycles. The quantitative estimate of drug-likeness (QED) is 0.811. The molecule has 1 aliphatic rings. The van der Waals surface area contributed by atoms with Crippen LogP contribution >= 0.6 is 11.6 Å². The Bertz CT molecular complexity index is 460. The van der Waals surface area contributed by atoms with E-state index in [2.05, 4.69) is 5.10 Å². The van der Waals surface area contributed by atoms with Gasteiger partial charge >= 0.3 is 0 Å². The zero-order valence-corrected chi connectivity index (χ0v) is 10.3. The summed E-state index contributed by atoms with van der Waals surface area (Å²) in [5.74, 6) is 0.190. The van der Waals surface area contributed by atoms with E-state index in [1.54, 1.807) is 11.7 Å². The molecule has 1 heterocycles. The molecular weight excluding hydrogens is 224 g/mol. The van der Waals surface area contributed by atoms with E-state index in [4.69, 9.17) is 11.6 Å². The van der Waals surface area contributed by atoms with Crippen LogP contribution in [0.4, 0.5) is 0 Å². The summed E-state index contributed by atoms with van der Waals surface area (Å²) >= 11 is 6.09. The lowest BCUT2D eigenvalue weighted by atomic mass is 10.0. The number of halogens is 1. The number of nitrogens with zero attached hydrogens (tertiary/aromatic N) is 2. The first-order chi connectivity index (χ1) is 7.59. The first-order valence-corrected chi connectivity index (χ1v) is 5.87. The smallest absolute Gasteiger partial charge is 0.163 e. The van der Waals surface area contributed by atoms with Crippen molar-refractivity contribution in [2.45, 2.75) is 32.6 Å². The van der Waals surface area contributed by atoms with Crippen molar-refractivity contribution < 1.29 is 4.79 Å². The Morgan fingerprint density at radius 2 is 2.38 bits per heavy atom. The van der Waals surface area contributed by atoms with Gasteiger partial charge in [-0.1, -0.05) is 17.7 Å². The maximum Gasteiger partial charge on any atom is 0.163 e. The second-order valence-corrected chi connectivity index (χ2v) is 4.56. The van der Waals surface area contributed by atoms with E-state index in [1.165, 1.54) is 0 Å². The van der Waals surface area contributed by atoms with Crippen molar-refractivity contribution in [2.24, 2.45) is 7.05 Å². The molecule has 0 aromatic carbocycles. The maximum atomic E-state index is 12.0. The Hall–Kier alpha value is -1.09. The highest BCUT2D eigenvalue weighted by Crippen LogP contribution is 2.24. The SMILES string of the molecule is Cc1nn(C)c(Cl)c1CC(=O)C1=CCCC1. The number of rotatable bonds is 3. The summed E-state index contributed by atoms with van der Waals surface area (Å²) in [5.41, 5.74) is 2.67. The van der Waals surface area contributed by atoms with Crippen LogP contribution in [0, 0.1) is 6.92 Å². The molecule has 1 aromatic heterocycles. The van der Waals surface area contributed by atoms with Crippen molar-refractivity contribution in [3.05, 3.63) is 28.1 Å². The van der Waals surface area contributed by atoms with Crippen LogP contribution in [0.2, 0.25) is 5.15 Å². The van der Waals surface area contributed by atoms with Gasteiger partial charge in [-0.15, -0.1) is 0 Å². The molecule has 1 aromatic rings. The number of hydrogen-bond acceptors (Lipinski definition) is 2. The Balaban J connectivity index is 2.17. The average molecular weight is 239 g/mol. The third kappa shape index (κ3) is 2.05. The van der Waals surface area contributed by atoms with Crippen LogP contribution in [0.3, 0.4) is 0 Å². The van der Waals surface area contributed by atoms with Crippen molar-refractivity contribution in [3.8, 4) is 0 Å². The van der Waals surface area contributed by atoms with Gasteiger partial charge in [0.15, 0.2) is 5.78 Å². The van der Waals surface area contributed by atoms with Crippen LogP contribution in [-0.2, 0) is 18.3 Å². The van der Waals surface area contributed by atoms with Gasteiger partial charge in [0.25, 0.3) is 0 Å². The molecule has 0 atom stereocenters. The molecule has 16 heavy (non-hydrogen) atoms. The number of carbonyl (C=O) groups is 1. The fourth-order valence-corrected chi connectivity index (χ4v) is 2.31. The zero-order chi connectivity index (χ0) is 11.7. The summed E-state index contributed by atoms with van der Waals surface area (Å²) in [6.45, 7) is 1.89. The Kier molecular flexibility index (Phi) is 3.15. The van der Waals surface area contributed by atoms with E-state index in [-0.39, 0.29) is 5.78 Å². The summed E-state index contributed by atoms with van der Waals surface area (Å²) in [4.78, 5) is 12.0. The van der Waals surface area contributed by atoms with Crippen molar-refractivity contribution in [3.63, 3.8) is 0 Å². The molecule has 2 rings (SSSR count). The molecule has 0 N–H and O–H groups in total. The van der Waals surface area contributed by atoms with Crippen LogP contribution in [0.25, 0.3) is 0 Å². The van der Waals surface area contributed by atoms with Crippen molar-refractivity contribution >= 4 is 17.4 Å². The zero-order valence-electron chi connectivity index (χ0n) is 9.59. The molecule has 0 aliphatic heterocycles. The molecule has 4 heteroatoms.